The van der Waals surface area contributed by atoms with Crippen LogP contribution in [0.3, 0.4) is 0 Å². The zero-order chi connectivity index (χ0) is 22.7. The van der Waals surface area contributed by atoms with Gasteiger partial charge in [0.2, 0.25) is 5.91 Å². The standard InChI is InChI=1S/C22H25ClN2O5S/c1-4-6-11-30-21(27)16-15(13-7-9-14(23)10-8-13)17(22(28)29-5-2)20-25(18(16)24)19(26)12(3)31-20/h7-10,12,15H,4-6,11,24H2,1-3H3. The highest BCUT2D eigenvalue weighted by atomic mass is 35.5. The van der Waals surface area contributed by atoms with Crippen molar-refractivity contribution < 1.29 is 23.9 Å². The molecule has 166 valence electrons. The van der Waals surface area contributed by atoms with Crippen LogP contribution in [0.2, 0.25) is 5.02 Å². The summed E-state index contributed by atoms with van der Waals surface area (Å²) in [5.41, 5.74) is 7.24. The van der Waals surface area contributed by atoms with Crippen LogP contribution in [0.1, 0.15) is 45.1 Å². The Hall–Kier alpha value is -2.45. The van der Waals surface area contributed by atoms with Crippen molar-refractivity contribution in [2.45, 2.75) is 44.8 Å². The predicted molar refractivity (Wildman–Crippen MR) is 119 cm³/mol. The van der Waals surface area contributed by atoms with Crippen LogP contribution in [-0.2, 0) is 23.9 Å². The molecule has 1 saturated heterocycles. The van der Waals surface area contributed by atoms with Crippen LogP contribution in [0.5, 0.6) is 0 Å². The van der Waals surface area contributed by atoms with Crippen LogP contribution in [-0.4, -0.2) is 41.2 Å². The third-order valence-electron chi connectivity index (χ3n) is 5.03. The highest BCUT2D eigenvalue weighted by Gasteiger charge is 2.49. The van der Waals surface area contributed by atoms with Crippen molar-refractivity contribution in [2.75, 3.05) is 13.2 Å². The fraction of sp³-hybridized carbons (Fsp3) is 0.409. The first-order valence-corrected chi connectivity index (χ1v) is 11.4. The molecule has 0 bridgehead atoms. The highest BCUT2D eigenvalue weighted by Crippen LogP contribution is 2.49. The van der Waals surface area contributed by atoms with Crippen molar-refractivity contribution in [1.29, 1.82) is 0 Å². The van der Waals surface area contributed by atoms with Gasteiger partial charge in [0, 0.05) is 5.02 Å². The highest BCUT2D eigenvalue weighted by molar-refractivity contribution is 8.04. The normalized spacial score (nSPS) is 20.8. The lowest BCUT2D eigenvalue weighted by atomic mass is 9.82. The number of hydrogen-bond donors (Lipinski definition) is 1. The molecule has 2 heterocycles. The summed E-state index contributed by atoms with van der Waals surface area (Å²) >= 11 is 7.27. The maximum Gasteiger partial charge on any atom is 0.338 e. The van der Waals surface area contributed by atoms with Crippen LogP contribution >= 0.6 is 23.4 Å². The minimum atomic E-state index is -0.845. The minimum Gasteiger partial charge on any atom is -0.463 e. The summed E-state index contributed by atoms with van der Waals surface area (Å²) in [6, 6.07) is 6.78. The van der Waals surface area contributed by atoms with Crippen LogP contribution < -0.4 is 5.73 Å². The molecule has 31 heavy (non-hydrogen) atoms. The maximum atomic E-state index is 13.1. The average Bonchev–Trinajstić information content (AvgIpc) is 3.03. The third kappa shape index (κ3) is 4.45. The molecule has 0 spiro atoms. The van der Waals surface area contributed by atoms with Crippen molar-refractivity contribution >= 4 is 41.2 Å². The summed E-state index contributed by atoms with van der Waals surface area (Å²) < 4.78 is 10.8. The number of esters is 2. The molecule has 2 atom stereocenters. The Balaban J connectivity index is 2.21. The van der Waals surface area contributed by atoms with Crippen molar-refractivity contribution in [3.63, 3.8) is 0 Å². The van der Waals surface area contributed by atoms with Gasteiger partial charge in [0.1, 0.15) is 5.82 Å². The molecule has 2 unspecified atom stereocenters. The lowest BCUT2D eigenvalue weighted by molar-refractivity contribution is -0.140. The molecule has 2 N–H and O–H groups in total. The Morgan fingerprint density at radius 1 is 1.13 bits per heavy atom. The maximum absolute atomic E-state index is 13.1. The monoisotopic (exact) mass is 464 g/mol. The van der Waals surface area contributed by atoms with Gasteiger partial charge in [0.15, 0.2) is 0 Å². The van der Waals surface area contributed by atoms with E-state index >= 15 is 0 Å². The van der Waals surface area contributed by atoms with Crippen molar-refractivity contribution in [1.82, 2.24) is 4.90 Å². The number of fused-ring (bicyclic) bond motifs is 1. The van der Waals surface area contributed by atoms with Gasteiger partial charge in [-0.1, -0.05) is 48.8 Å². The van der Waals surface area contributed by atoms with Gasteiger partial charge in [-0.15, -0.1) is 0 Å². The number of carbonyl (C=O) groups excluding carboxylic acids is 3. The van der Waals surface area contributed by atoms with E-state index in [1.807, 2.05) is 6.92 Å². The summed E-state index contributed by atoms with van der Waals surface area (Å²) in [6.45, 7) is 5.76. The smallest absolute Gasteiger partial charge is 0.338 e. The summed E-state index contributed by atoms with van der Waals surface area (Å²) in [7, 11) is 0. The number of hydrogen-bond acceptors (Lipinski definition) is 7. The van der Waals surface area contributed by atoms with Crippen LogP contribution in [0, 0.1) is 0 Å². The van der Waals surface area contributed by atoms with Gasteiger partial charge in [-0.2, -0.15) is 0 Å². The number of rotatable bonds is 7. The fourth-order valence-electron chi connectivity index (χ4n) is 3.51. The fourth-order valence-corrected chi connectivity index (χ4v) is 4.80. The molecule has 7 nitrogen and oxygen atoms in total. The second-order valence-corrected chi connectivity index (χ2v) is 8.91. The number of nitrogens with two attached hydrogens (primary N) is 1. The Morgan fingerprint density at radius 3 is 2.39 bits per heavy atom. The SMILES string of the molecule is CCCCOC(=O)C1=C(N)N2C(=O)C(C)SC2=C(C(=O)OCC)C1c1ccc(Cl)cc1. The molecule has 9 heteroatoms. The first kappa shape index (κ1) is 23.2. The van der Waals surface area contributed by atoms with Gasteiger partial charge in [0.05, 0.1) is 40.6 Å². The van der Waals surface area contributed by atoms with Crippen molar-refractivity contribution in [3.05, 3.63) is 56.8 Å². The number of thioether (sulfide) groups is 1. The Bertz CT molecular complexity index is 957. The zero-order valence-electron chi connectivity index (χ0n) is 17.6. The largest absolute Gasteiger partial charge is 0.463 e. The second kappa shape index (κ2) is 9.78. The number of unbranched alkanes of at least 4 members (excludes halogenated alkanes) is 1. The van der Waals surface area contributed by atoms with Crippen LogP contribution in [0.4, 0.5) is 0 Å². The van der Waals surface area contributed by atoms with Crippen LogP contribution in [0.15, 0.2) is 46.3 Å². The molecule has 0 radical (unpaired) electrons. The Labute approximate surface area is 190 Å². The minimum absolute atomic E-state index is 0.0219. The van der Waals surface area contributed by atoms with Gasteiger partial charge in [0.25, 0.3) is 0 Å². The molecule has 2 aliphatic heterocycles. The predicted octanol–water partition coefficient (Wildman–Crippen LogP) is 3.69. The molecule has 0 aromatic heterocycles. The number of carbonyl (C=O) groups is 3. The van der Waals surface area contributed by atoms with Gasteiger partial charge >= 0.3 is 11.9 Å². The molecular formula is C22H25ClN2O5S. The third-order valence-corrected chi connectivity index (χ3v) is 6.47. The zero-order valence-corrected chi connectivity index (χ0v) is 19.2. The molecule has 2 aliphatic rings. The van der Waals surface area contributed by atoms with E-state index in [1.54, 1.807) is 38.1 Å². The van der Waals surface area contributed by atoms with E-state index in [-0.39, 0.29) is 36.1 Å². The molecule has 1 aromatic carbocycles. The summed E-state index contributed by atoms with van der Waals surface area (Å²) in [6.07, 6.45) is 1.53. The van der Waals surface area contributed by atoms with Gasteiger partial charge in [-0.25, -0.2) is 9.59 Å². The second-order valence-electron chi connectivity index (χ2n) is 7.15. The first-order valence-electron chi connectivity index (χ1n) is 10.2. The van der Waals surface area contributed by atoms with E-state index in [1.165, 1.54) is 16.7 Å². The molecule has 0 saturated carbocycles. The van der Waals surface area contributed by atoms with Gasteiger partial charge in [-0.3, -0.25) is 9.69 Å². The van der Waals surface area contributed by atoms with Crippen LogP contribution in [0.25, 0.3) is 0 Å². The molecule has 1 aromatic rings. The van der Waals surface area contributed by atoms with Gasteiger partial charge < -0.3 is 15.2 Å². The molecular weight excluding hydrogens is 440 g/mol. The van der Waals surface area contributed by atoms with Gasteiger partial charge in [-0.05, 0) is 38.0 Å². The quantitative estimate of drug-likeness (QED) is 0.485. The Kier molecular flexibility index (Phi) is 7.33. The number of halogens is 1. The number of nitrogens with zero attached hydrogens (tertiary/aromatic N) is 1. The summed E-state index contributed by atoms with van der Waals surface area (Å²) in [5, 5.41) is 0.437. The van der Waals surface area contributed by atoms with E-state index < -0.39 is 23.1 Å². The topological polar surface area (TPSA) is 98.9 Å². The average molecular weight is 465 g/mol. The molecule has 3 rings (SSSR count). The first-order chi connectivity index (χ1) is 14.8. The summed E-state index contributed by atoms with van der Waals surface area (Å²) in [4.78, 5) is 40.3. The van der Waals surface area contributed by atoms with E-state index in [9.17, 15) is 14.4 Å². The number of ether oxygens (including phenoxy) is 2. The lowest BCUT2D eigenvalue weighted by Gasteiger charge is -2.33. The molecule has 1 fully saturated rings. The lowest BCUT2D eigenvalue weighted by Crippen LogP contribution is -2.40. The van der Waals surface area contributed by atoms with E-state index in [4.69, 9.17) is 26.8 Å². The number of amides is 1. The molecule has 0 aliphatic carbocycles. The molecule has 1 amide bonds. The Morgan fingerprint density at radius 2 is 1.77 bits per heavy atom. The van der Waals surface area contributed by atoms with E-state index in [0.29, 0.717) is 22.0 Å². The van der Waals surface area contributed by atoms with Crippen molar-refractivity contribution in [2.24, 2.45) is 5.73 Å². The summed E-state index contributed by atoms with van der Waals surface area (Å²) in [5.74, 6) is -2.44. The number of benzene rings is 1. The van der Waals surface area contributed by atoms with E-state index in [0.717, 1.165) is 6.42 Å². The van der Waals surface area contributed by atoms with Crippen molar-refractivity contribution in [3.8, 4) is 0 Å². The van der Waals surface area contributed by atoms with E-state index in [2.05, 4.69) is 0 Å².